The summed E-state index contributed by atoms with van der Waals surface area (Å²) in [7, 11) is 0. The number of fused-ring (bicyclic) bond motifs is 2. The van der Waals surface area contributed by atoms with Crippen molar-refractivity contribution in [2.45, 2.75) is 25.7 Å². The minimum absolute atomic E-state index is 0.00688. The lowest BCUT2D eigenvalue weighted by atomic mass is 9.97. The summed E-state index contributed by atoms with van der Waals surface area (Å²) in [5, 5.41) is 2.19. The number of carbonyl (C=O) groups is 1. The number of benzene rings is 2. The molecule has 0 saturated carbocycles. The van der Waals surface area contributed by atoms with Crippen LogP contribution >= 0.6 is 27.3 Å². The van der Waals surface area contributed by atoms with E-state index in [1.165, 1.54) is 9.71 Å². The number of hydrogen-bond acceptors (Lipinski definition) is 4. The highest BCUT2D eigenvalue weighted by atomic mass is 79.9. The van der Waals surface area contributed by atoms with Crippen molar-refractivity contribution in [1.82, 2.24) is 9.88 Å². The molecule has 1 saturated heterocycles. The van der Waals surface area contributed by atoms with Crippen molar-refractivity contribution >= 4 is 54.4 Å². The van der Waals surface area contributed by atoms with Gasteiger partial charge in [-0.3, -0.25) is 4.79 Å². The van der Waals surface area contributed by atoms with Crippen molar-refractivity contribution in [1.29, 1.82) is 0 Å². The number of likely N-dealkylation sites (tertiary alicyclic amines) is 1. The molecule has 2 aromatic carbocycles. The number of halogens is 1. The molecule has 5 rings (SSSR count). The highest BCUT2D eigenvalue weighted by molar-refractivity contribution is 9.10. The highest BCUT2D eigenvalue weighted by Gasteiger charge is 2.29. The molecule has 0 atom stereocenters. The molecule has 1 aliphatic heterocycles. The highest BCUT2D eigenvalue weighted by Crippen LogP contribution is 2.35. The van der Waals surface area contributed by atoms with Crippen LogP contribution in [-0.4, -0.2) is 28.9 Å². The fourth-order valence-electron chi connectivity index (χ4n) is 3.94. The van der Waals surface area contributed by atoms with Crippen LogP contribution in [0.1, 0.15) is 39.9 Å². The molecule has 4 aromatic rings. The first kappa shape index (κ1) is 17.9. The van der Waals surface area contributed by atoms with Crippen LogP contribution in [0.2, 0.25) is 0 Å². The molecule has 28 heavy (non-hydrogen) atoms. The van der Waals surface area contributed by atoms with Gasteiger partial charge in [-0.25, -0.2) is 4.98 Å². The Morgan fingerprint density at radius 2 is 2.00 bits per heavy atom. The van der Waals surface area contributed by atoms with E-state index in [-0.39, 0.29) is 5.91 Å². The Hall–Kier alpha value is -2.18. The first-order chi connectivity index (χ1) is 13.6. The molecule has 0 aliphatic carbocycles. The topological polar surface area (TPSA) is 46.3 Å². The molecule has 142 valence electrons. The van der Waals surface area contributed by atoms with Gasteiger partial charge >= 0.3 is 0 Å². The molecule has 4 nitrogen and oxygen atoms in total. The van der Waals surface area contributed by atoms with Crippen LogP contribution in [0.4, 0.5) is 0 Å². The summed E-state index contributed by atoms with van der Waals surface area (Å²) in [6.07, 6.45) is 1.88. The Morgan fingerprint density at radius 1 is 1.21 bits per heavy atom. The second-order valence-corrected chi connectivity index (χ2v) is 9.26. The van der Waals surface area contributed by atoms with Crippen LogP contribution in [0.15, 0.2) is 51.4 Å². The maximum atomic E-state index is 13.1. The molecular formula is C22H19BrN2O2S. The van der Waals surface area contributed by atoms with Gasteiger partial charge in [0.05, 0.1) is 15.2 Å². The number of para-hydroxylation sites is 1. The van der Waals surface area contributed by atoms with Gasteiger partial charge in [-0.2, -0.15) is 0 Å². The summed E-state index contributed by atoms with van der Waals surface area (Å²) in [4.78, 5) is 19.8. The van der Waals surface area contributed by atoms with Gasteiger partial charge in [-0.1, -0.05) is 28.1 Å². The molecular weight excluding hydrogens is 436 g/mol. The minimum Gasteiger partial charge on any atom is -0.451 e. The average Bonchev–Trinajstić information content (AvgIpc) is 3.28. The number of furan rings is 1. The van der Waals surface area contributed by atoms with Gasteiger partial charge < -0.3 is 9.32 Å². The Kier molecular flexibility index (Phi) is 4.48. The molecule has 1 amide bonds. The van der Waals surface area contributed by atoms with Crippen LogP contribution in [0.3, 0.4) is 0 Å². The number of carbonyl (C=O) groups excluding carboxylic acids is 1. The van der Waals surface area contributed by atoms with Gasteiger partial charge in [0, 0.05) is 34.4 Å². The quantitative estimate of drug-likeness (QED) is 0.365. The minimum atomic E-state index is -0.00688. The van der Waals surface area contributed by atoms with Gasteiger partial charge in [-0.05, 0) is 50.1 Å². The lowest BCUT2D eigenvalue weighted by Gasteiger charge is -2.30. The normalized spacial score (nSPS) is 15.6. The molecule has 6 heteroatoms. The lowest BCUT2D eigenvalue weighted by molar-refractivity contribution is 0.0682. The fraction of sp³-hybridized carbons (Fsp3) is 0.273. The zero-order valence-corrected chi connectivity index (χ0v) is 17.8. The third-order valence-corrected chi connectivity index (χ3v) is 7.23. The van der Waals surface area contributed by atoms with Crippen LogP contribution in [0.25, 0.3) is 21.2 Å². The number of aryl methyl sites for hydroxylation is 1. The molecule has 0 unspecified atom stereocenters. The Bertz CT molecular complexity index is 1150. The van der Waals surface area contributed by atoms with Crippen molar-refractivity contribution in [2.24, 2.45) is 0 Å². The number of nitrogens with zero attached hydrogens (tertiary/aromatic N) is 2. The fourth-order valence-corrected chi connectivity index (χ4v) is 5.42. The monoisotopic (exact) mass is 454 g/mol. The van der Waals surface area contributed by atoms with Crippen molar-refractivity contribution in [2.75, 3.05) is 13.1 Å². The van der Waals surface area contributed by atoms with E-state index in [4.69, 9.17) is 9.40 Å². The Labute approximate surface area is 175 Å². The van der Waals surface area contributed by atoms with E-state index < -0.39 is 0 Å². The van der Waals surface area contributed by atoms with Gasteiger partial charge in [0.15, 0.2) is 5.76 Å². The summed E-state index contributed by atoms with van der Waals surface area (Å²) in [6, 6.07) is 14.2. The SMILES string of the molecule is Cc1c(C(=O)N2CCC(c3nc4ccccc4s3)CC2)oc2cc(Br)ccc12. The lowest BCUT2D eigenvalue weighted by Crippen LogP contribution is -2.38. The molecule has 2 aromatic heterocycles. The zero-order chi connectivity index (χ0) is 19.3. The van der Waals surface area contributed by atoms with E-state index in [2.05, 4.69) is 34.1 Å². The molecule has 0 radical (unpaired) electrons. The van der Waals surface area contributed by atoms with E-state index in [9.17, 15) is 4.79 Å². The van der Waals surface area contributed by atoms with Crippen molar-refractivity contribution in [3.63, 3.8) is 0 Å². The first-order valence-corrected chi connectivity index (χ1v) is 11.0. The maximum absolute atomic E-state index is 13.1. The van der Waals surface area contributed by atoms with Crippen LogP contribution in [0, 0.1) is 6.92 Å². The van der Waals surface area contributed by atoms with Gasteiger partial charge in [0.25, 0.3) is 5.91 Å². The Balaban J connectivity index is 1.34. The summed E-state index contributed by atoms with van der Waals surface area (Å²) in [6.45, 7) is 3.43. The summed E-state index contributed by atoms with van der Waals surface area (Å²) in [5.74, 6) is 0.883. The first-order valence-electron chi connectivity index (χ1n) is 9.43. The number of aromatic nitrogens is 1. The number of rotatable bonds is 2. The van der Waals surface area contributed by atoms with Crippen LogP contribution in [0.5, 0.6) is 0 Å². The largest absolute Gasteiger partial charge is 0.451 e. The van der Waals surface area contributed by atoms with E-state index >= 15 is 0 Å². The third kappa shape index (κ3) is 3.05. The van der Waals surface area contributed by atoms with E-state index in [1.54, 1.807) is 11.3 Å². The second kappa shape index (κ2) is 7.01. The third-order valence-electron chi connectivity index (χ3n) is 5.54. The van der Waals surface area contributed by atoms with E-state index in [0.717, 1.165) is 52.5 Å². The number of thiazole rings is 1. The molecule has 0 N–H and O–H groups in total. The van der Waals surface area contributed by atoms with Crippen LogP contribution in [-0.2, 0) is 0 Å². The van der Waals surface area contributed by atoms with E-state index in [0.29, 0.717) is 11.7 Å². The molecule has 1 aliphatic rings. The molecule has 0 spiro atoms. The smallest absolute Gasteiger partial charge is 0.289 e. The second-order valence-electron chi connectivity index (χ2n) is 7.28. The average molecular weight is 455 g/mol. The summed E-state index contributed by atoms with van der Waals surface area (Å²) < 4.78 is 8.10. The molecule has 1 fully saturated rings. The number of amides is 1. The summed E-state index contributed by atoms with van der Waals surface area (Å²) in [5.41, 5.74) is 2.74. The van der Waals surface area contributed by atoms with Gasteiger partial charge in [-0.15, -0.1) is 11.3 Å². The Morgan fingerprint density at radius 3 is 2.79 bits per heavy atom. The van der Waals surface area contributed by atoms with Gasteiger partial charge in [0.1, 0.15) is 5.58 Å². The van der Waals surface area contributed by atoms with Crippen LogP contribution < -0.4 is 0 Å². The van der Waals surface area contributed by atoms with Crippen molar-refractivity contribution in [3.05, 3.63) is 63.3 Å². The predicted molar refractivity (Wildman–Crippen MR) is 116 cm³/mol. The standard InChI is InChI=1S/C22H19BrN2O2S/c1-13-16-7-6-15(23)12-18(16)27-20(13)22(26)25-10-8-14(9-11-25)21-24-17-4-2-3-5-19(17)28-21/h2-7,12,14H,8-11H2,1H3. The number of piperidine rings is 1. The predicted octanol–water partition coefficient (Wildman–Crippen LogP) is 6.13. The number of hydrogen-bond donors (Lipinski definition) is 0. The molecule has 3 heterocycles. The maximum Gasteiger partial charge on any atom is 0.289 e. The van der Waals surface area contributed by atoms with Crippen molar-refractivity contribution < 1.29 is 9.21 Å². The van der Waals surface area contributed by atoms with Crippen molar-refractivity contribution in [3.8, 4) is 0 Å². The van der Waals surface area contributed by atoms with Gasteiger partial charge in [0.2, 0.25) is 0 Å². The zero-order valence-electron chi connectivity index (χ0n) is 15.4. The summed E-state index contributed by atoms with van der Waals surface area (Å²) >= 11 is 5.24. The molecule has 0 bridgehead atoms. The van der Waals surface area contributed by atoms with E-state index in [1.807, 2.05) is 36.1 Å².